The Morgan fingerprint density at radius 3 is 2.34 bits per heavy atom. The maximum absolute atomic E-state index is 11.8. The molecular weight excluding hydrogens is 394 g/mol. The minimum atomic E-state index is -3.72. The molecule has 2 saturated carbocycles. The summed E-state index contributed by atoms with van der Waals surface area (Å²) in [4.78, 5) is 20.5. The Labute approximate surface area is 169 Å². The number of sulfonamides is 1. The van der Waals surface area contributed by atoms with Crippen LogP contribution in [-0.2, 0) is 14.8 Å². The Morgan fingerprint density at radius 2 is 1.79 bits per heavy atom. The first kappa shape index (κ1) is 19.6. The molecule has 2 aliphatic carbocycles. The first-order valence-electron chi connectivity index (χ1n) is 9.41. The number of amides is 1. The van der Waals surface area contributed by atoms with E-state index in [1.165, 1.54) is 12.1 Å². The van der Waals surface area contributed by atoms with Gasteiger partial charge in [0.2, 0.25) is 16.0 Å². The molecule has 1 aromatic carbocycles. The van der Waals surface area contributed by atoms with Crippen LogP contribution in [0.5, 0.6) is 0 Å². The number of rotatable bonds is 6. The highest BCUT2D eigenvalue weighted by Gasteiger charge is 2.41. The van der Waals surface area contributed by atoms with Crippen molar-refractivity contribution in [1.82, 2.24) is 15.3 Å². The number of hydrogen-bond donors (Lipinski definition) is 3. The summed E-state index contributed by atoms with van der Waals surface area (Å²) in [6.45, 7) is 2.01. The van der Waals surface area contributed by atoms with Gasteiger partial charge in [-0.15, -0.1) is 0 Å². The Balaban J connectivity index is 1.27. The van der Waals surface area contributed by atoms with Gasteiger partial charge in [0.15, 0.2) is 0 Å². The van der Waals surface area contributed by atoms with Gasteiger partial charge in [-0.05, 0) is 68.4 Å². The zero-order valence-electron chi connectivity index (χ0n) is 16.0. The van der Waals surface area contributed by atoms with E-state index in [1.54, 1.807) is 24.5 Å². The summed E-state index contributed by atoms with van der Waals surface area (Å²) in [5.41, 5.74) is 1.57. The zero-order chi connectivity index (χ0) is 20.6. The third-order valence-electron chi connectivity index (χ3n) is 5.35. The maximum atomic E-state index is 11.8. The van der Waals surface area contributed by atoms with E-state index in [9.17, 15) is 13.2 Å². The lowest BCUT2D eigenvalue weighted by atomic mass is 9.78. The standard InChI is InChI=1S/C19H23N5O4S/c1-19(6-7-19)24-18(25)28-15-8-12(9-15)13-10-21-17(22-11-13)23-14-2-4-16(5-3-14)29(20,26)27/h2-5,10-12,15H,6-9H2,1H3,(H,24,25)(H2,20,26,27)(H,21,22,23). The SMILES string of the molecule is CC1(NC(=O)OC2CC(c3cnc(Nc4ccc(S(N)(=O)=O)cc4)nc3)C2)CC1. The molecule has 1 aromatic heterocycles. The van der Waals surface area contributed by atoms with Crippen molar-refractivity contribution in [3.8, 4) is 0 Å². The van der Waals surface area contributed by atoms with Crippen LogP contribution in [0.4, 0.5) is 16.4 Å². The number of nitrogens with two attached hydrogens (primary N) is 1. The molecule has 10 heteroatoms. The average molecular weight is 417 g/mol. The highest BCUT2D eigenvalue weighted by molar-refractivity contribution is 7.89. The van der Waals surface area contributed by atoms with Crippen molar-refractivity contribution in [1.29, 1.82) is 0 Å². The molecule has 2 aliphatic rings. The molecule has 0 saturated heterocycles. The lowest BCUT2D eigenvalue weighted by molar-refractivity contribution is 0.0373. The average Bonchev–Trinajstić information content (AvgIpc) is 3.35. The molecule has 2 aromatic rings. The minimum Gasteiger partial charge on any atom is -0.446 e. The van der Waals surface area contributed by atoms with Gasteiger partial charge in [0.1, 0.15) is 6.10 Å². The van der Waals surface area contributed by atoms with E-state index in [1.807, 2.05) is 6.92 Å². The van der Waals surface area contributed by atoms with Gasteiger partial charge in [0.25, 0.3) is 0 Å². The summed E-state index contributed by atoms with van der Waals surface area (Å²) in [6, 6.07) is 6.02. The summed E-state index contributed by atoms with van der Waals surface area (Å²) in [7, 11) is -3.72. The number of benzene rings is 1. The van der Waals surface area contributed by atoms with Crippen molar-refractivity contribution in [2.45, 2.75) is 55.1 Å². The second-order valence-electron chi connectivity index (χ2n) is 7.92. The molecular formula is C19H23N5O4S. The first-order valence-corrected chi connectivity index (χ1v) is 11.0. The van der Waals surface area contributed by atoms with Crippen LogP contribution >= 0.6 is 0 Å². The number of nitrogens with zero attached hydrogens (tertiary/aromatic N) is 2. The fourth-order valence-corrected chi connectivity index (χ4v) is 3.66. The molecule has 0 bridgehead atoms. The summed E-state index contributed by atoms with van der Waals surface area (Å²) in [5.74, 6) is 0.675. The van der Waals surface area contributed by atoms with Crippen molar-refractivity contribution in [2.24, 2.45) is 5.14 Å². The van der Waals surface area contributed by atoms with Gasteiger partial charge in [0, 0.05) is 23.6 Å². The van der Waals surface area contributed by atoms with Crippen LogP contribution in [0.3, 0.4) is 0 Å². The van der Waals surface area contributed by atoms with Crippen molar-refractivity contribution in [2.75, 3.05) is 5.32 Å². The smallest absolute Gasteiger partial charge is 0.407 e. The van der Waals surface area contributed by atoms with Crippen LogP contribution in [0, 0.1) is 0 Å². The monoisotopic (exact) mass is 417 g/mol. The molecule has 29 heavy (non-hydrogen) atoms. The summed E-state index contributed by atoms with van der Waals surface area (Å²) < 4.78 is 28.0. The van der Waals surface area contributed by atoms with Gasteiger partial charge < -0.3 is 15.4 Å². The third-order valence-corrected chi connectivity index (χ3v) is 6.28. The minimum absolute atomic E-state index is 0.0426. The van der Waals surface area contributed by atoms with Gasteiger partial charge in [0.05, 0.1) is 4.90 Å². The quantitative estimate of drug-likeness (QED) is 0.656. The number of alkyl carbamates (subject to hydrolysis) is 1. The second-order valence-corrected chi connectivity index (χ2v) is 9.48. The Kier molecular flexibility index (Phi) is 4.91. The second kappa shape index (κ2) is 7.27. The molecule has 0 radical (unpaired) electrons. The van der Waals surface area contributed by atoms with Crippen molar-refractivity contribution >= 4 is 27.8 Å². The topological polar surface area (TPSA) is 136 Å². The predicted molar refractivity (Wildman–Crippen MR) is 106 cm³/mol. The molecule has 0 spiro atoms. The predicted octanol–water partition coefficient (Wildman–Crippen LogP) is 2.39. The van der Waals surface area contributed by atoms with E-state index in [0.717, 1.165) is 31.2 Å². The highest BCUT2D eigenvalue weighted by Crippen LogP contribution is 2.39. The maximum Gasteiger partial charge on any atom is 0.407 e. The number of anilines is 2. The molecule has 4 N–H and O–H groups in total. The van der Waals surface area contributed by atoms with E-state index in [-0.39, 0.29) is 28.5 Å². The van der Waals surface area contributed by atoms with Gasteiger partial charge >= 0.3 is 6.09 Å². The fourth-order valence-electron chi connectivity index (χ4n) is 3.14. The number of ether oxygens (including phenoxy) is 1. The van der Waals surface area contributed by atoms with Gasteiger partial charge in [-0.25, -0.2) is 28.3 Å². The van der Waals surface area contributed by atoms with E-state index < -0.39 is 10.0 Å². The molecule has 1 amide bonds. The number of hydrogen-bond acceptors (Lipinski definition) is 7. The molecule has 154 valence electrons. The van der Waals surface area contributed by atoms with Crippen LogP contribution < -0.4 is 15.8 Å². The van der Waals surface area contributed by atoms with E-state index in [2.05, 4.69) is 20.6 Å². The number of nitrogens with one attached hydrogen (secondary N) is 2. The molecule has 0 unspecified atom stereocenters. The summed E-state index contributed by atoms with van der Waals surface area (Å²) >= 11 is 0. The number of carbonyl (C=O) groups excluding carboxylic acids is 1. The van der Waals surface area contributed by atoms with Crippen LogP contribution in [0.1, 0.15) is 44.1 Å². The fraction of sp³-hybridized carbons (Fsp3) is 0.421. The Bertz CT molecular complexity index is 998. The highest BCUT2D eigenvalue weighted by atomic mass is 32.2. The van der Waals surface area contributed by atoms with E-state index in [0.29, 0.717) is 11.6 Å². The number of aromatic nitrogens is 2. The molecule has 0 aliphatic heterocycles. The molecule has 9 nitrogen and oxygen atoms in total. The van der Waals surface area contributed by atoms with Crippen LogP contribution in [-0.4, -0.2) is 36.1 Å². The number of carbonyl (C=O) groups is 1. The Hall–Kier alpha value is -2.72. The van der Waals surface area contributed by atoms with Crippen molar-refractivity contribution < 1.29 is 17.9 Å². The summed E-state index contributed by atoms with van der Waals surface area (Å²) in [5, 5.41) is 11.0. The Morgan fingerprint density at radius 1 is 1.17 bits per heavy atom. The lowest BCUT2D eigenvalue weighted by Crippen LogP contribution is -2.40. The molecule has 0 atom stereocenters. The van der Waals surface area contributed by atoms with Crippen molar-refractivity contribution in [3.63, 3.8) is 0 Å². The summed E-state index contributed by atoms with van der Waals surface area (Å²) in [6.07, 6.45) is 6.62. The lowest BCUT2D eigenvalue weighted by Gasteiger charge is -2.34. The zero-order valence-corrected chi connectivity index (χ0v) is 16.8. The van der Waals surface area contributed by atoms with Crippen LogP contribution in [0.15, 0.2) is 41.6 Å². The van der Waals surface area contributed by atoms with Crippen molar-refractivity contribution in [3.05, 3.63) is 42.2 Å². The van der Waals surface area contributed by atoms with Crippen LogP contribution in [0.25, 0.3) is 0 Å². The van der Waals surface area contributed by atoms with Gasteiger partial charge in [-0.1, -0.05) is 0 Å². The molecule has 2 fully saturated rings. The normalized spacial score (nSPS) is 22.3. The van der Waals surface area contributed by atoms with Gasteiger partial charge in [-0.2, -0.15) is 0 Å². The largest absolute Gasteiger partial charge is 0.446 e. The van der Waals surface area contributed by atoms with Gasteiger partial charge in [-0.3, -0.25) is 0 Å². The molecule has 4 rings (SSSR count). The van der Waals surface area contributed by atoms with E-state index in [4.69, 9.17) is 9.88 Å². The van der Waals surface area contributed by atoms with Crippen LogP contribution in [0.2, 0.25) is 0 Å². The molecule has 1 heterocycles. The third kappa shape index (κ3) is 4.83. The number of primary sulfonamides is 1. The first-order chi connectivity index (χ1) is 13.7. The van der Waals surface area contributed by atoms with E-state index >= 15 is 0 Å².